The van der Waals surface area contributed by atoms with E-state index in [0.29, 0.717) is 6.54 Å². The molecule has 0 radical (unpaired) electrons. The minimum Gasteiger partial charge on any atom is -0.387 e. The lowest BCUT2D eigenvalue weighted by atomic mass is 10.1. The number of hydrogen-bond donors (Lipinski definition) is 2. The number of hydrogen-bond acceptors (Lipinski definition) is 5. The van der Waals surface area contributed by atoms with Crippen LogP contribution in [0.4, 0.5) is 14.5 Å². The Hall–Kier alpha value is -1.25. The number of benzene rings is 1. The van der Waals surface area contributed by atoms with Crippen LogP contribution in [0.15, 0.2) is 29.2 Å². The van der Waals surface area contributed by atoms with Crippen LogP contribution >= 0.6 is 0 Å². The zero-order chi connectivity index (χ0) is 16.3. The molecule has 5 nitrogen and oxygen atoms in total. The van der Waals surface area contributed by atoms with Crippen molar-refractivity contribution >= 4 is 15.5 Å². The molecular formula is C13H20F2N2O3S. The summed E-state index contributed by atoms with van der Waals surface area (Å²) < 4.78 is 48.5. The minimum atomic E-state index is -4.69. The molecule has 21 heavy (non-hydrogen) atoms. The Morgan fingerprint density at radius 1 is 1.33 bits per heavy atom. The first-order chi connectivity index (χ1) is 9.56. The van der Waals surface area contributed by atoms with Gasteiger partial charge in [0.1, 0.15) is 0 Å². The minimum absolute atomic E-state index is 0.0287. The van der Waals surface area contributed by atoms with Crippen molar-refractivity contribution in [1.82, 2.24) is 4.90 Å². The van der Waals surface area contributed by atoms with Gasteiger partial charge in [0.05, 0.1) is 16.2 Å². The van der Waals surface area contributed by atoms with Crippen molar-refractivity contribution in [2.75, 3.05) is 32.5 Å². The summed E-state index contributed by atoms with van der Waals surface area (Å²) in [6.45, 7) is 1.94. The number of nitrogens with zero attached hydrogens (tertiary/aromatic N) is 1. The molecule has 0 aliphatic carbocycles. The van der Waals surface area contributed by atoms with Gasteiger partial charge in [0.25, 0.3) is 0 Å². The van der Waals surface area contributed by atoms with Crippen molar-refractivity contribution in [3.8, 4) is 0 Å². The van der Waals surface area contributed by atoms with Gasteiger partial charge in [0, 0.05) is 13.1 Å². The van der Waals surface area contributed by atoms with E-state index in [1.807, 2.05) is 0 Å². The molecule has 1 atom stereocenters. The zero-order valence-electron chi connectivity index (χ0n) is 12.2. The van der Waals surface area contributed by atoms with Gasteiger partial charge in [-0.15, -0.1) is 0 Å². The molecule has 0 saturated carbocycles. The van der Waals surface area contributed by atoms with Crippen molar-refractivity contribution in [3.05, 3.63) is 24.3 Å². The van der Waals surface area contributed by atoms with Gasteiger partial charge in [-0.05, 0) is 33.2 Å². The maximum atomic E-state index is 12.7. The average Bonchev–Trinajstić information content (AvgIpc) is 2.35. The Kier molecular flexibility index (Phi) is 5.66. The average molecular weight is 322 g/mol. The number of halogens is 2. The molecule has 0 aliphatic rings. The second-order valence-electron chi connectivity index (χ2n) is 5.39. The summed E-state index contributed by atoms with van der Waals surface area (Å²) in [6.07, 6.45) is 0. The maximum Gasteiger partial charge on any atom is 0.341 e. The van der Waals surface area contributed by atoms with Gasteiger partial charge in [-0.2, -0.15) is 8.78 Å². The first kappa shape index (κ1) is 17.8. The van der Waals surface area contributed by atoms with E-state index in [2.05, 4.69) is 5.32 Å². The van der Waals surface area contributed by atoms with Gasteiger partial charge >= 0.3 is 5.76 Å². The number of para-hydroxylation sites is 1. The number of sulfone groups is 1. The second-order valence-corrected chi connectivity index (χ2v) is 7.28. The standard InChI is InChI=1S/C13H20F2N2O3S/c1-13(18,9-17(2)3)8-16-10-6-4-5-7-11(10)21(19,20)12(14)15/h4-7,12,16,18H,8-9H2,1-3H3. The third-order valence-electron chi connectivity index (χ3n) is 2.74. The van der Waals surface area contributed by atoms with E-state index in [-0.39, 0.29) is 12.2 Å². The van der Waals surface area contributed by atoms with Crippen molar-refractivity contribution in [3.63, 3.8) is 0 Å². The second kappa shape index (κ2) is 6.67. The number of rotatable bonds is 7. The Balaban J connectivity index is 2.96. The molecule has 8 heteroatoms. The summed E-state index contributed by atoms with van der Waals surface area (Å²) in [6, 6.07) is 5.41. The van der Waals surface area contributed by atoms with Crippen LogP contribution in [-0.2, 0) is 9.84 Å². The third-order valence-corrected chi connectivity index (χ3v) is 4.18. The predicted molar refractivity (Wildman–Crippen MR) is 77.3 cm³/mol. The van der Waals surface area contributed by atoms with E-state index in [4.69, 9.17) is 0 Å². The molecule has 0 aromatic heterocycles. The highest BCUT2D eigenvalue weighted by atomic mass is 32.2. The molecule has 0 aliphatic heterocycles. The largest absolute Gasteiger partial charge is 0.387 e. The van der Waals surface area contributed by atoms with Crippen LogP contribution in [0.25, 0.3) is 0 Å². The van der Waals surface area contributed by atoms with E-state index >= 15 is 0 Å². The van der Waals surface area contributed by atoms with Gasteiger partial charge < -0.3 is 15.3 Å². The molecule has 1 aromatic rings. The quantitative estimate of drug-likeness (QED) is 0.794. The summed E-state index contributed by atoms with van der Waals surface area (Å²) in [5.74, 6) is -3.48. The smallest absolute Gasteiger partial charge is 0.341 e. The van der Waals surface area contributed by atoms with Crippen LogP contribution in [0.1, 0.15) is 6.92 Å². The molecule has 0 amide bonds. The molecule has 2 N–H and O–H groups in total. The number of nitrogens with one attached hydrogen (secondary N) is 1. The van der Waals surface area contributed by atoms with Crippen LogP contribution in [0.2, 0.25) is 0 Å². The molecule has 0 heterocycles. The normalized spacial score (nSPS) is 15.2. The molecule has 1 rings (SSSR count). The van der Waals surface area contributed by atoms with Crippen molar-refractivity contribution in [2.45, 2.75) is 23.2 Å². The van der Waals surface area contributed by atoms with Gasteiger partial charge in [-0.1, -0.05) is 12.1 Å². The zero-order valence-corrected chi connectivity index (χ0v) is 13.0. The Morgan fingerprint density at radius 3 is 2.43 bits per heavy atom. The highest BCUT2D eigenvalue weighted by Crippen LogP contribution is 2.26. The lowest BCUT2D eigenvalue weighted by molar-refractivity contribution is 0.0459. The molecule has 0 bridgehead atoms. The predicted octanol–water partition coefficient (Wildman–Crippen LogP) is 1.41. The van der Waals surface area contributed by atoms with Crippen LogP contribution in [0.3, 0.4) is 0 Å². The molecule has 0 spiro atoms. The summed E-state index contributed by atoms with van der Waals surface area (Å²) in [4.78, 5) is 1.30. The number of anilines is 1. The lowest BCUT2D eigenvalue weighted by Crippen LogP contribution is -2.43. The van der Waals surface area contributed by atoms with Crippen molar-refractivity contribution < 1.29 is 22.3 Å². The van der Waals surface area contributed by atoms with Crippen molar-refractivity contribution in [1.29, 1.82) is 0 Å². The van der Waals surface area contributed by atoms with Gasteiger partial charge in [0.2, 0.25) is 9.84 Å². The van der Waals surface area contributed by atoms with E-state index in [9.17, 15) is 22.3 Å². The third kappa shape index (κ3) is 4.90. The Bertz CT molecular complexity index is 575. The topological polar surface area (TPSA) is 69.6 Å². The SMILES string of the molecule is CN(C)CC(C)(O)CNc1ccccc1S(=O)(=O)C(F)F. The first-order valence-corrected chi connectivity index (χ1v) is 7.83. The fourth-order valence-corrected chi connectivity index (χ4v) is 2.89. The van der Waals surface area contributed by atoms with E-state index in [1.54, 1.807) is 25.9 Å². The van der Waals surface area contributed by atoms with Crippen LogP contribution in [0.5, 0.6) is 0 Å². The van der Waals surface area contributed by atoms with Crippen LogP contribution in [-0.4, -0.2) is 57.0 Å². The Labute approximate surface area is 123 Å². The van der Waals surface area contributed by atoms with E-state index in [1.165, 1.54) is 18.2 Å². The lowest BCUT2D eigenvalue weighted by Gasteiger charge is -2.28. The van der Waals surface area contributed by atoms with Gasteiger partial charge in [-0.25, -0.2) is 8.42 Å². The number of alkyl halides is 2. The molecule has 1 aromatic carbocycles. The monoisotopic (exact) mass is 322 g/mol. The van der Waals surface area contributed by atoms with Gasteiger partial charge in [-0.3, -0.25) is 0 Å². The molecule has 1 unspecified atom stereocenters. The molecular weight excluding hydrogens is 302 g/mol. The number of likely N-dealkylation sites (N-methyl/N-ethyl adjacent to an activating group) is 1. The number of aliphatic hydroxyl groups is 1. The maximum absolute atomic E-state index is 12.7. The van der Waals surface area contributed by atoms with Crippen LogP contribution < -0.4 is 5.32 Å². The summed E-state index contributed by atoms with van der Waals surface area (Å²) in [7, 11) is -1.12. The van der Waals surface area contributed by atoms with Crippen LogP contribution in [0, 0.1) is 0 Å². The summed E-state index contributed by atoms with van der Waals surface area (Å²) >= 11 is 0. The highest BCUT2D eigenvalue weighted by molar-refractivity contribution is 7.91. The summed E-state index contributed by atoms with van der Waals surface area (Å²) in [5, 5.41) is 12.9. The highest BCUT2D eigenvalue weighted by Gasteiger charge is 2.29. The van der Waals surface area contributed by atoms with Gasteiger partial charge in [0.15, 0.2) is 0 Å². The summed E-state index contributed by atoms with van der Waals surface area (Å²) in [5.41, 5.74) is -1.08. The Morgan fingerprint density at radius 2 is 1.90 bits per heavy atom. The molecule has 0 fully saturated rings. The van der Waals surface area contributed by atoms with Crippen molar-refractivity contribution in [2.24, 2.45) is 0 Å². The van der Waals surface area contributed by atoms with E-state index < -0.39 is 26.1 Å². The molecule has 120 valence electrons. The fraction of sp³-hybridized carbons (Fsp3) is 0.538. The fourth-order valence-electron chi connectivity index (χ4n) is 1.98. The van der Waals surface area contributed by atoms with E-state index in [0.717, 1.165) is 6.07 Å². The molecule has 0 saturated heterocycles. The first-order valence-electron chi connectivity index (χ1n) is 6.28.